The van der Waals surface area contributed by atoms with Gasteiger partial charge in [-0.1, -0.05) is 15.9 Å². The second-order valence-electron chi connectivity index (χ2n) is 5.68. The summed E-state index contributed by atoms with van der Waals surface area (Å²) in [6, 6.07) is 6.50. The van der Waals surface area contributed by atoms with Crippen molar-refractivity contribution in [1.82, 2.24) is 4.90 Å². The average molecular weight is 340 g/mol. The molecule has 2 unspecified atom stereocenters. The Morgan fingerprint density at radius 1 is 1.30 bits per heavy atom. The molecule has 5 nitrogen and oxygen atoms in total. The number of anilines is 1. The average Bonchev–Trinajstić information content (AvgIpc) is 2.64. The third kappa shape index (κ3) is 2.42. The summed E-state index contributed by atoms with van der Waals surface area (Å²) in [5.41, 5.74) is 0.943. The molecule has 6 heteroatoms. The Bertz CT molecular complexity index is 537. The van der Waals surface area contributed by atoms with E-state index in [1.807, 2.05) is 12.1 Å². The van der Waals surface area contributed by atoms with Gasteiger partial charge in [-0.3, -0.25) is 15.0 Å². The fraction of sp³-hybridized carbons (Fsp3) is 0.571. The Labute approximate surface area is 126 Å². The van der Waals surface area contributed by atoms with E-state index in [0.29, 0.717) is 12.1 Å². The van der Waals surface area contributed by atoms with Gasteiger partial charge in [0, 0.05) is 35.7 Å². The number of nitrogens with zero attached hydrogens (tertiary/aromatic N) is 3. The number of hydrogen-bond donors (Lipinski definition) is 0. The molecule has 2 saturated heterocycles. The lowest BCUT2D eigenvalue weighted by Crippen LogP contribution is -2.36. The van der Waals surface area contributed by atoms with Crippen LogP contribution in [0.4, 0.5) is 11.4 Å². The minimum atomic E-state index is -0.285. The van der Waals surface area contributed by atoms with Crippen LogP contribution in [-0.4, -0.2) is 42.0 Å². The molecule has 0 radical (unpaired) electrons. The highest BCUT2D eigenvalue weighted by Crippen LogP contribution is 2.35. The quantitative estimate of drug-likeness (QED) is 0.613. The van der Waals surface area contributed by atoms with Crippen LogP contribution in [0.1, 0.15) is 19.3 Å². The van der Waals surface area contributed by atoms with Gasteiger partial charge in [0.05, 0.1) is 4.92 Å². The summed E-state index contributed by atoms with van der Waals surface area (Å²) in [6.45, 7) is 1.78. The van der Waals surface area contributed by atoms with E-state index in [4.69, 9.17) is 0 Å². The van der Waals surface area contributed by atoms with Gasteiger partial charge in [-0.25, -0.2) is 0 Å². The maximum Gasteiger partial charge on any atom is 0.293 e. The van der Waals surface area contributed by atoms with Crippen molar-refractivity contribution in [1.29, 1.82) is 0 Å². The first-order valence-corrected chi connectivity index (χ1v) is 7.76. The van der Waals surface area contributed by atoms with Gasteiger partial charge < -0.3 is 4.90 Å². The number of hydrogen-bond acceptors (Lipinski definition) is 4. The Morgan fingerprint density at radius 2 is 2.05 bits per heavy atom. The van der Waals surface area contributed by atoms with Gasteiger partial charge in [0.2, 0.25) is 0 Å². The van der Waals surface area contributed by atoms with E-state index in [1.54, 1.807) is 6.07 Å². The molecule has 2 atom stereocenters. The van der Waals surface area contributed by atoms with E-state index in [-0.39, 0.29) is 10.6 Å². The normalized spacial score (nSPS) is 26.6. The van der Waals surface area contributed by atoms with Crippen molar-refractivity contribution in [3.8, 4) is 0 Å². The Kier molecular flexibility index (Phi) is 3.69. The standard InChI is InChI=1S/C14H18BrN3O2/c1-16-11-3-4-12(16)9-17(7-6-11)13-5-2-10(15)8-14(13)18(19)20/h2,5,8,11-12H,3-4,6-7,9H2,1H3. The smallest absolute Gasteiger partial charge is 0.293 e. The van der Waals surface area contributed by atoms with Gasteiger partial charge in [-0.2, -0.15) is 0 Å². The SMILES string of the molecule is CN1C2CCC1CN(c1ccc(Br)cc1[N+](=O)[O-])CC2. The van der Waals surface area contributed by atoms with Crippen molar-refractivity contribution in [3.63, 3.8) is 0 Å². The zero-order valence-electron chi connectivity index (χ0n) is 11.5. The highest BCUT2D eigenvalue weighted by molar-refractivity contribution is 9.10. The van der Waals surface area contributed by atoms with E-state index in [1.165, 1.54) is 12.8 Å². The number of halogens is 1. The van der Waals surface area contributed by atoms with Crippen molar-refractivity contribution in [2.24, 2.45) is 0 Å². The molecule has 0 saturated carbocycles. The first kappa shape index (κ1) is 13.8. The van der Waals surface area contributed by atoms with Crippen LogP contribution in [0, 0.1) is 10.1 Å². The summed E-state index contributed by atoms with van der Waals surface area (Å²) in [4.78, 5) is 15.6. The fourth-order valence-electron chi connectivity index (χ4n) is 3.44. The highest BCUT2D eigenvalue weighted by atomic mass is 79.9. The molecule has 3 rings (SSSR count). The largest absolute Gasteiger partial charge is 0.364 e. The summed E-state index contributed by atoms with van der Waals surface area (Å²) in [6.07, 6.45) is 3.54. The molecule has 2 heterocycles. The molecule has 2 bridgehead atoms. The Hall–Kier alpha value is -1.14. The number of nitro groups is 1. The minimum Gasteiger partial charge on any atom is -0.364 e. The summed E-state index contributed by atoms with van der Waals surface area (Å²) < 4.78 is 0.751. The topological polar surface area (TPSA) is 49.6 Å². The van der Waals surface area contributed by atoms with Crippen molar-refractivity contribution in [2.45, 2.75) is 31.3 Å². The maximum atomic E-state index is 11.3. The van der Waals surface area contributed by atoms with E-state index in [9.17, 15) is 10.1 Å². The zero-order chi connectivity index (χ0) is 14.3. The molecule has 1 aromatic rings. The summed E-state index contributed by atoms with van der Waals surface area (Å²) in [5, 5.41) is 11.3. The number of benzene rings is 1. The molecule has 2 aliphatic heterocycles. The predicted molar refractivity (Wildman–Crippen MR) is 82.2 cm³/mol. The van der Waals surface area contributed by atoms with Crippen LogP contribution in [0.15, 0.2) is 22.7 Å². The van der Waals surface area contributed by atoms with Gasteiger partial charge >= 0.3 is 0 Å². The molecule has 0 N–H and O–H groups in total. The molecule has 1 aromatic carbocycles. The molecule has 0 amide bonds. The van der Waals surface area contributed by atoms with Crippen molar-refractivity contribution in [2.75, 3.05) is 25.0 Å². The number of likely N-dealkylation sites (N-methyl/N-ethyl adjacent to an activating group) is 1. The van der Waals surface area contributed by atoms with Crippen LogP contribution in [0.5, 0.6) is 0 Å². The lowest BCUT2D eigenvalue weighted by Gasteiger charge is -2.27. The van der Waals surface area contributed by atoms with Crippen LogP contribution in [-0.2, 0) is 0 Å². The zero-order valence-corrected chi connectivity index (χ0v) is 13.0. The van der Waals surface area contributed by atoms with Crippen LogP contribution >= 0.6 is 15.9 Å². The van der Waals surface area contributed by atoms with Crippen LogP contribution in [0.2, 0.25) is 0 Å². The molecule has 2 aliphatic rings. The fourth-order valence-corrected chi connectivity index (χ4v) is 3.79. The summed E-state index contributed by atoms with van der Waals surface area (Å²) in [7, 11) is 2.18. The number of nitro benzene ring substituents is 1. The van der Waals surface area contributed by atoms with Crippen molar-refractivity contribution in [3.05, 3.63) is 32.8 Å². The minimum absolute atomic E-state index is 0.194. The molecule has 2 fully saturated rings. The highest BCUT2D eigenvalue weighted by Gasteiger charge is 2.36. The van der Waals surface area contributed by atoms with Gasteiger partial charge in [0.1, 0.15) is 5.69 Å². The monoisotopic (exact) mass is 339 g/mol. The third-order valence-electron chi connectivity index (χ3n) is 4.62. The van der Waals surface area contributed by atoms with Crippen molar-refractivity contribution >= 4 is 27.3 Å². The van der Waals surface area contributed by atoms with E-state index < -0.39 is 0 Å². The lowest BCUT2D eigenvalue weighted by molar-refractivity contribution is -0.384. The second-order valence-corrected chi connectivity index (χ2v) is 6.59. The third-order valence-corrected chi connectivity index (χ3v) is 5.12. The van der Waals surface area contributed by atoms with Gasteiger partial charge in [0.15, 0.2) is 0 Å². The molecule has 0 spiro atoms. The summed E-state index contributed by atoms with van der Waals surface area (Å²) >= 11 is 3.32. The van der Waals surface area contributed by atoms with Gasteiger partial charge in [-0.05, 0) is 38.4 Å². The predicted octanol–water partition coefficient (Wildman–Crippen LogP) is 3.03. The maximum absolute atomic E-state index is 11.3. The summed E-state index contributed by atoms with van der Waals surface area (Å²) in [5.74, 6) is 0. The molecule has 20 heavy (non-hydrogen) atoms. The molecular formula is C14H18BrN3O2. The first-order valence-electron chi connectivity index (χ1n) is 6.97. The molecular weight excluding hydrogens is 322 g/mol. The van der Waals surface area contributed by atoms with E-state index in [2.05, 4.69) is 32.8 Å². The van der Waals surface area contributed by atoms with E-state index in [0.717, 1.165) is 29.7 Å². The van der Waals surface area contributed by atoms with Crippen LogP contribution in [0.3, 0.4) is 0 Å². The Morgan fingerprint density at radius 3 is 2.80 bits per heavy atom. The molecule has 0 aliphatic carbocycles. The van der Waals surface area contributed by atoms with Gasteiger partial charge in [0.25, 0.3) is 5.69 Å². The lowest BCUT2D eigenvalue weighted by atomic mass is 10.1. The van der Waals surface area contributed by atoms with Crippen LogP contribution in [0.25, 0.3) is 0 Å². The first-order chi connectivity index (χ1) is 9.56. The van der Waals surface area contributed by atoms with Gasteiger partial charge in [-0.15, -0.1) is 0 Å². The molecule has 108 valence electrons. The number of rotatable bonds is 2. The number of fused-ring (bicyclic) bond motifs is 2. The van der Waals surface area contributed by atoms with Crippen LogP contribution < -0.4 is 4.90 Å². The van der Waals surface area contributed by atoms with Crippen molar-refractivity contribution < 1.29 is 4.92 Å². The Balaban J connectivity index is 1.91. The second kappa shape index (κ2) is 5.33. The van der Waals surface area contributed by atoms with E-state index >= 15 is 0 Å². The molecule has 0 aromatic heterocycles.